The van der Waals surface area contributed by atoms with E-state index >= 15 is 0 Å². The summed E-state index contributed by atoms with van der Waals surface area (Å²) < 4.78 is 2.50. The summed E-state index contributed by atoms with van der Waals surface area (Å²) in [5, 5.41) is 12.7. The minimum atomic E-state index is -0.121. The molecular formula is C61H42N2. The Balaban J connectivity index is 1.01. The van der Waals surface area contributed by atoms with Gasteiger partial charge >= 0.3 is 0 Å². The molecule has 0 N–H and O–H groups in total. The molecule has 0 bridgehead atoms. The Labute approximate surface area is 366 Å². The van der Waals surface area contributed by atoms with Crippen molar-refractivity contribution in [3.8, 4) is 27.9 Å². The molecule has 1 heterocycles. The number of aromatic nitrogens is 1. The zero-order chi connectivity index (χ0) is 41.8. The monoisotopic (exact) mass is 802 g/mol. The standard InChI is InChI=1S/C61H42N2/c1-61(2)55-24-11-9-20-50(55)51-37-35-45(38-56(51)61)62(42-29-26-41(27-30-42)47-23-13-16-39-14-3-5-17-46(39)47)43-31-33-44(34-32-43)63-57-25-12-10-22-54(57)59-58-48-18-6-4-15-40(48)28-36-52(58)49-19-7-8-21-53(49)60(59)63/h3-38H,1-2H3. The van der Waals surface area contributed by atoms with Crippen molar-refractivity contribution < 1.29 is 0 Å². The van der Waals surface area contributed by atoms with E-state index in [2.05, 4.69) is 242 Å². The Morgan fingerprint density at radius 3 is 1.73 bits per heavy atom. The smallest absolute Gasteiger partial charge is 0.0626 e. The maximum absolute atomic E-state index is 2.50. The molecule has 0 aliphatic heterocycles. The Bertz CT molecular complexity index is 3810. The summed E-state index contributed by atoms with van der Waals surface area (Å²) in [7, 11) is 0. The van der Waals surface area contributed by atoms with Crippen LogP contribution in [0, 0.1) is 0 Å². The molecule has 0 unspecified atom stereocenters. The molecule has 0 fully saturated rings. The molecule has 63 heavy (non-hydrogen) atoms. The van der Waals surface area contributed by atoms with Crippen LogP contribution in [0.5, 0.6) is 0 Å². The first-order valence-electron chi connectivity index (χ1n) is 22.0. The Morgan fingerprint density at radius 1 is 0.365 bits per heavy atom. The van der Waals surface area contributed by atoms with E-state index in [0.29, 0.717) is 0 Å². The van der Waals surface area contributed by atoms with Crippen LogP contribution in [0.1, 0.15) is 25.0 Å². The van der Waals surface area contributed by atoms with Crippen LogP contribution in [-0.2, 0) is 5.41 Å². The molecular weight excluding hydrogens is 761 g/mol. The number of benzene rings is 11. The van der Waals surface area contributed by atoms with Crippen LogP contribution in [0.2, 0.25) is 0 Å². The molecule has 1 aliphatic rings. The topological polar surface area (TPSA) is 8.17 Å². The first-order chi connectivity index (χ1) is 31.0. The molecule has 0 saturated heterocycles. The van der Waals surface area contributed by atoms with Gasteiger partial charge in [-0.1, -0.05) is 178 Å². The summed E-state index contributed by atoms with van der Waals surface area (Å²) >= 11 is 0. The highest BCUT2D eigenvalue weighted by Crippen LogP contribution is 2.51. The predicted octanol–water partition coefficient (Wildman–Crippen LogP) is 16.8. The fourth-order valence-corrected chi connectivity index (χ4v) is 11.0. The van der Waals surface area contributed by atoms with Crippen LogP contribution in [-0.4, -0.2) is 4.57 Å². The highest BCUT2D eigenvalue weighted by atomic mass is 15.1. The average Bonchev–Trinajstić information content (AvgIpc) is 3.80. The summed E-state index contributed by atoms with van der Waals surface area (Å²) in [6, 6.07) is 80.9. The molecule has 13 rings (SSSR count). The first-order valence-corrected chi connectivity index (χ1v) is 22.0. The molecule has 11 aromatic carbocycles. The van der Waals surface area contributed by atoms with E-state index in [9.17, 15) is 0 Å². The summed E-state index contributed by atoms with van der Waals surface area (Å²) in [6.07, 6.45) is 0. The van der Waals surface area contributed by atoms with Gasteiger partial charge in [-0.15, -0.1) is 0 Å². The lowest BCUT2D eigenvalue weighted by molar-refractivity contribution is 0.660. The number of para-hydroxylation sites is 1. The van der Waals surface area contributed by atoms with E-state index in [1.165, 1.54) is 98.3 Å². The average molecular weight is 803 g/mol. The Kier molecular flexibility index (Phi) is 7.68. The van der Waals surface area contributed by atoms with Gasteiger partial charge in [-0.25, -0.2) is 0 Å². The number of hydrogen-bond donors (Lipinski definition) is 0. The lowest BCUT2D eigenvalue weighted by Gasteiger charge is -2.28. The number of rotatable bonds is 5. The van der Waals surface area contributed by atoms with E-state index in [-0.39, 0.29) is 5.41 Å². The number of nitrogens with zero attached hydrogens (tertiary/aromatic N) is 2. The fourth-order valence-electron chi connectivity index (χ4n) is 11.0. The van der Waals surface area contributed by atoms with Gasteiger partial charge in [0.2, 0.25) is 0 Å². The van der Waals surface area contributed by atoms with Gasteiger partial charge in [0.1, 0.15) is 0 Å². The summed E-state index contributed by atoms with van der Waals surface area (Å²) in [4.78, 5) is 2.43. The minimum absolute atomic E-state index is 0.121. The van der Waals surface area contributed by atoms with Crippen molar-refractivity contribution in [2.45, 2.75) is 19.3 Å². The van der Waals surface area contributed by atoms with Crippen molar-refractivity contribution in [2.24, 2.45) is 0 Å². The second kappa shape index (κ2) is 13.5. The SMILES string of the molecule is CC1(C)c2ccccc2-c2ccc(N(c3ccc(-c4cccc5ccccc45)cc3)c3ccc(-n4c5ccccc5c5c6c7ccccc7ccc6c6ccccc6c54)cc3)cc21. The molecule has 0 atom stereocenters. The van der Waals surface area contributed by atoms with Crippen molar-refractivity contribution >= 4 is 82.0 Å². The third-order valence-electron chi connectivity index (χ3n) is 13.9. The lowest BCUT2D eigenvalue weighted by Crippen LogP contribution is -2.16. The van der Waals surface area contributed by atoms with E-state index < -0.39 is 0 Å². The van der Waals surface area contributed by atoms with Crippen LogP contribution in [0.3, 0.4) is 0 Å². The van der Waals surface area contributed by atoms with Gasteiger partial charge in [0, 0.05) is 49.7 Å². The highest BCUT2D eigenvalue weighted by Gasteiger charge is 2.35. The van der Waals surface area contributed by atoms with E-state index in [1.807, 2.05) is 0 Å². The largest absolute Gasteiger partial charge is 0.310 e. The van der Waals surface area contributed by atoms with Crippen molar-refractivity contribution in [1.29, 1.82) is 0 Å². The molecule has 0 saturated carbocycles. The molecule has 296 valence electrons. The number of hydrogen-bond acceptors (Lipinski definition) is 1. The molecule has 0 radical (unpaired) electrons. The third-order valence-corrected chi connectivity index (χ3v) is 13.9. The molecule has 2 nitrogen and oxygen atoms in total. The highest BCUT2D eigenvalue weighted by molar-refractivity contribution is 6.36. The number of fused-ring (bicyclic) bond motifs is 14. The van der Waals surface area contributed by atoms with Crippen LogP contribution in [0.4, 0.5) is 17.1 Å². The third kappa shape index (κ3) is 5.25. The molecule has 0 spiro atoms. The molecule has 12 aromatic rings. The quantitative estimate of drug-likeness (QED) is 0.157. The number of anilines is 3. The normalized spacial score (nSPS) is 13.0. The van der Waals surface area contributed by atoms with Gasteiger partial charge in [0.15, 0.2) is 0 Å². The Hall–Kier alpha value is -7.94. The van der Waals surface area contributed by atoms with Crippen molar-refractivity contribution in [3.63, 3.8) is 0 Å². The first kappa shape index (κ1) is 35.8. The molecule has 1 aliphatic carbocycles. The zero-order valence-electron chi connectivity index (χ0n) is 35.2. The molecule has 0 amide bonds. The van der Waals surface area contributed by atoms with Gasteiger partial charge in [-0.3, -0.25) is 0 Å². The van der Waals surface area contributed by atoms with Crippen LogP contribution < -0.4 is 4.90 Å². The van der Waals surface area contributed by atoms with E-state index in [4.69, 9.17) is 0 Å². The predicted molar refractivity (Wildman–Crippen MR) is 268 cm³/mol. The maximum Gasteiger partial charge on any atom is 0.0626 e. The fraction of sp³-hybridized carbons (Fsp3) is 0.0492. The second-order valence-electron chi connectivity index (χ2n) is 17.7. The van der Waals surface area contributed by atoms with E-state index in [0.717, 1.165) is 22.7 Å². The Morgan fingerprint density at radius 2 is 0.937 bits per heavy atom. The van der Waals surface area contributed by atoms with Crippen molar-refractivity contribution in [3.05, 3.63) is 230 Å². The van der Waals surface area contributed by atoms with Gasteiger partial charge in [-0.05, 0) is 120 Å². The van der Waals surface area contributed by atoms with Gasteiger partial charge in [0.25, 0.3) is 0 Å². The second-order valence-corrected chi connectivity index (χ2v) is 17.7. The van der Waals surface area contributed by atoms with Gasteiger partial charge in [-0.2, -0.15) is 0 Å². The maximum atomic E-state index is 2.50. The zero-order valence-corrected chi connectivity index (χ0v) is 35.2. The molecule has 1 aromatic heterocycles. The van der Waals surface area contributed by atoms with Crippen LogP contribution in [0.15, 0.2) is 218 Å². The lowest BCUT2D eigenvalue weighted by atomic mass is 9.82. The minimum Gasteiger partial charge on any atom is -0.310 e. The van der Waals surface area contributed by atoms with Crippen LogP contribution >= 0.6 is 0 Å². The summed E-state index contributed by atoms with van der Waals surface area (Å²) in [6.45, 7) is 4.72. The summed E-state index contributed by atoms with van der Waals surface area (Å²) in [5.41, 5.74) is 14.6. The van der Waals surface area contributed by atoms with Gasteiger partial charge < -0.3 is 9.47 Å². The molecule has 2 heteroatoms. The van der Waals surface area contributed by atoms with Crippen LogP contribution in [0.25, 0.3) is 92.8 Å². The van der Waals surface area contributed by atoms with E-state index in [1.54, 1.807) is 0 Å². The van der Waals surface area contributed by atoms with Gasteiger partial charge in [0.05, 0.1) is 11.0 Å². The van der Waals surface area contributed by atoms with Crippen molar-refractivity contribution in [1.82, 2.24) is 4.57 Å². The van der Waals surface area contributed by atoms with Crippen molar-refractivity contribution in [2.75, 3.05) is 4.90 Å². The summed E-state index contributed by atoms with van der Waals surface area (Å²) in [5.74, 6) is 0.